The maximum atomic E-state index is 12.1. The summed E-state index contributed by atoms with van der Waals surface area (Å²) in [5, 5.41) is 0. The van der Waals surface area contributed by atoms with Gasteiger partial charge in [0.2, 0.25) is 15.9 Å². The first-order chi connectivity index (χ1) is 8.15. The molecule has 0 aliphatic carbocycles. The lowest BCUT2D eigenvalue weighted by molar-refractivity contribution is -0.137. The van der Waals surface area contributed by atoms with Crippen LogP contribution < -0.4 is 10.5 Å². The number of piperidine rings is 1. The Morgan fingerprint density at radius 3 is 2.33 bits per heavy atom. The molecule has 1 saturated heterocycles. The molecule has 1 rings (SSSR count). The van der Waals surface area contributed by atoms with E-state index >= 15 is 0 Å². The summed E-state index contributed by atoms with van der Waals surface area (Å²) < 4.78 is 24.8. The summed E-state index contributed by atoms with van der Waals surface area (Å²) in [6.45, 7) is 4.73. The van der Waals surface area contributed by atoms with Crippen LogP contribution in [-0.2, 0) is 14.8 Å². The summed E-state index contributed by atoms with van der Waals surface area (Å²) in [6.07, 6.45) is 3.02. The molecule has 7 heteroatoms. The van der Waals surface area contributed by atoms with E-state index in [2.05, 4.69) is 4.72 Å². The second kappa shape index (κ2) is 5.54. The number of nitrogens with zero attached hydrogens (tertiary/aromatic N) is 1. The normalized spacial score (nSPS) is 21.7. The molecule has 1 heterocycles. The van der Waals surface area contributed by atoms with Crippen LogP contribution in [0.1, 0.15) is 33.1 Å². The summed E-state index contributed by atoms with van der Waals surface area (Å²) in [4.78, 5) is 13.8. The highest BCUT2D eigenvalue weighted by atomic mass is 32.2. The van der Waals surface area contributed by atoms with Gasteiger partial charge in [0, 0.05) is 19.1 Å². The van der Waals surface area contributed by atoms with Crippen molar-refractivity contribution in [1.82, 2.24) is 9.62 Å². The van der Waals surface area contributed by atoms with E-state index in [1.165, 1.54) is 0 Å². The maximum Gasteiger partial charge on any atom is 0.242 e. The second-order valence-corrected chi connectivity index (χ2v) is 7.01. The first-order valence-corrected chi connectivity index (χ1v) is 8.10. The van der Waals surface area contributed by atoms with E-state index in [0.29, 0.717) is 32.4 Å². The van der Waals surface area contributed by atoms with Gasteiger partial charge < -0.3 is 10.6 Å². The van der Waals surface area contributed by atoms with Crippen LogP contribution in [-0.4, -0.2) is 50.2 Å². The van der Waals surface area contributed by atoms with Crippen molar-refractivity contribution in [3.63, 3.8) is 0 Å². The Labute approximate surface area is 109 Å². The number of hydrogen-bond acceptors (Lipinski definition) is 4. The summed E-state index contributed by atoms with van der Waals surface area (Å²) >= 11 is 0. The van der Waals surface area contributed by atoms with Crippen molar-refractivity contribution in [3.8, 4) is 0 Å². The Kier molecular flexibility index (Phi) is 4.74. The fourth-order valence-electron chi connectivity index (χ4n) is 2.02. The van der Waals surface area contributed by atoms with E-state index in [-0.39, 0.29) is 11.9 Å². The molecule has 0 bridgehead atoms. The van der Waals surface area contributed by atoms with Crippen LogP contribution in [0, 0.1) is 0 Å². The SMILES string of the molecule is CCC(C)(N)C(=O)N1CCC(NS(C)(=O)=O)CC1. The second-order valence-electron chi connectivity index (χ2n) is 5.23. The van der Waals surface area contributed by atoms with Crippen LogP contribution in [0.15, 0.2) is 0 Å². The number of nitrogens with two attached hydrogens (primary N) is 1. The topological polar surface area (TPSA) is 92.5 Å². The highest BCUT2D eigenvalue weighted by Crippen LogP contribution is 2.16. The zero-order valence-corrected chi connectivity index (χ0v) is 12.1. The average molecular weight is 277 g/mol. The molecule has 1 amide bonds. The zero-order chi connectivity index (χ0) is 14.0. The molecule has 6 nitrogen and oxygen atoms in total. The minimum atomic E-state index is -3.17. The molecular weight excluding hydrogens is 254 g/mol. The van der Waals surface area contributed by atoms with Crippen LogP contribution in [0.2, 0.25) is 0 Å². The Morgan fingerprint density at radius 2 is 1.94 bits per heavy atom. The number of nitrogens with one attached hydrogen (secondary N) is 1. The maximum absolute atomic E-state index is 12.1. The zero-order valence-electron chi connectivity index (χ0n) is 11.3. The van der Waals surface area contributed by atoms with Crippen molar-refractivity contribution in [2.24, 2.45) is 5.73 Å². The van der Waals surface area contributed by atoms with Crippen LogP contribution >= 0.6 is 0 Å². The molecule has 1 atom stereocenters. The van der Waals surface area contributed by atoms with E-state index in [1.54, 1.807) is 11.8 Å². The fraction of sp³-hybridized carbons (Fsp3) is 0.909. The van der Waals surface area contributed by atoms with Crippen molar-refractivity contribution in [3.05, 3.63) is 0 Å². The standard InChI is InChI=1S/C11H23N3O3S/c1-4-11(2,12)10(15)14-7-5-9(6-8-14)13-18(3,16)17/h9,13H,4-8,12H2,1-3H3. The number of likely N-dealkylation sites (tertiary alicyclic amines) is 1. The van der Waals surface area contributed by atoms with Gasteiger partial charge in [-0.15, -0.1) is 0 Å². The van der Waals surface area contributed by atoms with E-state index in [0.717, 1.165) is 6.26 Å². The Bertz CT molecular complexity index is 398. The number of hydrogen-bond donors (Lipinski definition) is 2. The molecule has 0 spiro atoms. The first-order valence-electron chi connectivity index (χ1n) is 6.21. The lowest BCUT2D eigenvalue weighted by Crippen LogP contribution is -2.56. The molecule has 1 aliphatic rings. The molecule has 3 N–H and O–H groups in total. The summed E-state index contributed by atoms with van der Waals surface area (Å²) in [5.74, 6) is -0.0530. The molecular formula is C11H23N3O3S. The van der Waals surface area contributed by atoms with Crippen LogP contribution in [0.25, 0.3) is 0 Å². The fourth-order valence-corrected chi connectivity index (χ4v) is 2.86. The summed E-state index contributed by atoms with van der Waals surface area (Å²) in [7, 11) is -3.17. The number of carbonyl (C=O) groups excluding carboxylic acids is 1. The van der Waals surface area contributed by atoms with Gasteiger partial charge in [-0.3, -0.25) is 4.79 Å². The molecule has 1 fully saturated rings. The van der Waals surface area contributed by atoms with E-state index in [1.807, 2.05) is 6.92 Å². The van der Waals surface area contributed by atoms with Crippen molar-refractivity contribution >= 4 is 15.9 Å². The molecule has 0 aromatic carbocycles. The molecule has 18 heavy (non-hydrogen) atoms. The molecule has 1 unspecified atom stereocenters. The molecule has 1 aliphatic heterocycles. The minimum Gasteiger partial charge on any atom is -0.341 e. The van der Waals surface area contributed by atoms with Crippen LogP contribution in [0.5, 0.6) is 0 Å². The van der Waals surface area contributed by atoms with E-state index < -0.39 is 15.6 Å². The number of amides is 1. The number of rotatable bonds is 4. The number of sulfonamides is 1. The predicted octanol–water partition coefficient (Wildman–Crippen LogP) is -0.346. The molecule has 0 aromatic heterocycles. The van der Waals surface area contributed by atoms with Crippen molar-refractivity contribution < 1.29 is 13.2 Å². The Balaban J connectivity index is 2.52. The predicted molar refractivity (Wildman–Crippen MR) is 70.5 cm³/mol. The van der Waals surface area contributed by atoms with Crippen molar-refractivity contribution in [2.45, 2.75) is 44.7 Å². The third-order valence-corrected chi connectivity index (χ3v) is 4.15. The smallest absolute Gasteiger partial charge is 0.242 e. The average Bonchev–Trinajstić information content (AvgIpc) is 2.27. The third kappa shape index (κ3) is 4.22. The lowest BCUT2D eigenvalue weighted by atomic mass is 9.96. The Hall–Kier alpha value is -0.660. The molecule has 0 radical (unpaired) electrons. The van der Waals surface area contributed by atoms with Gasteiger partial charge in [0.1, 0.15) is 0 Å². The third-order valence-electron chi connectivity index (χ3n) is 3.39. The van der Waals surface area contributed by atoms with Gasteiger partial charge in [0.15, 0.2) is 0 Å². The molecule has 0 saturated carbocycles. The van der Waals surface area contributed by atoms with Gasteiger partial charge >= 0.3 is 0 Å². The summed E-state index contributed by atoms with van der Waals surface area (Å²) in [5.41, 5.74) is 5.10. The molecule has 0 aromatic rings. The quantitative estimate of drug-likeness (QED) is 0.735. The van der Waals surface area contributed by atoms with Gasteiger partial charge in [-0.05, 0) is 26.2 Å². The monoisotopic (exact) mass is 277 g/mol. The largest absolute Gasteiger partial charge is 0.341 e. The van der Waals surface area contributed by atoms with Crippen LogP contribution in [0.3, 0.4) is 0 Å². The lowest BCUT2D eigenvalue weighted by Gasteiger charge is -2.36. The van der Waals surface area contributed by atoms with Gasteiger partial charge in [-0.25, -0.2) is 13.1 Å². The van der Waals surface area contributed by atoms with Crippen molar-refractivity contribution in [1.29, 1.82) is 0 Å². The van der Waals surface area contributed by atoms with Crippen LogP contribution in [0.4, 0.5) is 0 Å². The number of carbonyl (C=O) groups is 1. The summed E-state index contributed by atoms with van der Waals surface area (Å²) in [6, 6.07) is -0.0743. The van der Waals surface area contributed by atoms with E-state index in [9.17, 15) is 13.2 Å². The Morgan fingerprint density at radius 1 is 1.44 bits per heavy atom. The first kappa shape index (κ1) is 15.4. The highest BCUT2D eigenvalue weighted by Gasteiger charge is 2.33. The minimum absolute atomic E-state index is 0.0530. The van der Waals surface area contributed by atoms with Gasteiger partial charge in [-0.2, -0.15) is 0 Å². The van der Waals surface area contributed by atoms with Gasteiger partial charge in [0.25, 0.3) is 0 Å². The van der Waals surface area contributed by atoms with E-state index in [4.69, 9.17) is 5.73 Å². The van der Waals surface area contributed by atoms with Gasteiger partial charge in [-0.1, -0.05) is 6.92 Å². The highest BCUT2D eigenvalue weighted by molar-refractivity contribution is 7.88. The van der Waals surface area contributed by atoms with Gasteiger partial charge in [0.05, 0.1) is 11.8 Å². The van der Waals surface area contributed by atoms with Crippen molar-refractivity contribution in [2.75, 3.05) is 19.3 Å². The molecule has 106 valence electrons.